The summed E-state index contributed by atoms with van der Waals surface area (Å²) in [6, 6.07) is 6.90. The highest BCUT2D eigenvalue weighted by Crippen LogP contribution is 2.21. The molecule has 0 radical (unpaired) electrons. The van der Waals surface area contributed by atoms with Gasteiger partial charge in [-0.2, -0.15) is 0 Å². The molecule has 2 nitrogen and oxygen atoms in total. The normalized spacial score (nSPS) is 19.1. The van der Waals surface area contributed by atoms with E-state index in [1.54, 1.807) is 0 Å². The molecule has 2 heteroatoms. The third kappa shape index (κ3) is 4.32. The molecule has 1 aliphatic rings. The van der Waals surface area contributed by atoms with Crippen LogP contribution in [0.15, 0.2) is 18.2 Å². The molecule has 0 aromatic heterocycles. The van der Waals surface area contributed by atoms with Crippen LogP contribution in [-0.2, 0) is 0 Å². The maximum absolute atomic E-state index is 10.4. The van der Waals surface area contributed by atoms with Crippen molar-refractivity contribution in [2.75, 3.05) is 6.54 Å². The molecule has 1 atom stereocenters. The van der Waals surface area contributed by atoms with Crippen LogP contribution in [0, 0.1) is 13.8 Å². The lowest BCUT2D eigenvalue weighted by Gasteiger charge is -2.20. The van der Waals surface area contributed by atoms with Gasteiger partial charge in [0.05, 0.1) is 6.10 Å². The molecule has 0 heterocycles. The third-order valence-corrected chi connectivity index (χ3v) is 4.25. The van der Waals surface area contributed by atoms with Gasteiger partial charge in [-0.05, 0) is 37.8 Å². The van der Waals surface area contributed by atoms with E-state index in [9.17, 15) is 5.11 Å². The molecule has 1 fully saturated rings. The highest BCUT2D eigenvalue weighted by molar-refractivity contribution is 5.32. The van der Waals surface area contributed by atoms with Gasteiger partial charge < -0.3 is 10.4 Å². The summed E-state index contributed by atoms with van der Waals surface area (Å²) in [5.74, 6) is 0. The van der Waals surface area contributed by atoms with Crippen LogP contribution in [0.1, 0.15) is 61.3 Å². The van der Waals surface area contributed by atoms with E-state index in [2.05, 4.69) is 37.4 Å². The van der Waals surface area contributed by atoms with Crippen LogP contribution in [-0.4, -0.2) is 17.7 Å². The van der Waals surface area contributed by atoms with Crippen molar-refractivity contribution in [1.82, 2.24) is 5.32 Å². The van der Waals surface area contributed by atoms with Gasteiger partial charge in [-0.15, -0.1) is 0 Å². The fourth-order valence-electron chi connectivity index (χ4n) is 2.99. The Kier molecular flexibility index (Phi) is 5.41. The maximum atomic E-state index is 10.4. The molecular formula is C17H27NO. The quantitative estimate of drug-likeness (QED) is 0.811. The van der Waals surface area contributed by atoms with Gasteiger partial charge in [0, 0.05) is 12.6 Å². The van der Waals surface area contributed by atoms with Gasteiger partial charge in [0.15, 0.2) is 0 Å². The molecule has 0 amide bonds. The Morgan fingerprint density at radius 2 is 1.84 bits per heavy atom. The molecule has 2 rings (SSSR count). The molecule has 0 bridgehead atoms. The topological polar surface area (TPSA) is 32.3 Å². The number of nitrogens with one attached hydrogen (secondary N) is 1. The van der Waals surface area contributed by atoms with E-state index in [1.807, 2.05) is 0 Å². The minimum atomic E-state index is -0.386. The van der Waals surface area contributed by atoms with Crippen molar-refractivity contribution in [2.45, 2.75) is 64.5 Å². The SMILES string of the molecule is Cc1ccc(C)c(C(O)CNC2CCCCCC2)c1. The standard InChI is InChI=1S/C17H27NO/c1-13-9-10-14(2)16(11-13)17(19)12-18-15-7-5-3-4-6-8-15/h9-11,15,17-19H,3-8,12H2,1-2H3. The third-order valence-electron chi connectivity index (χ3n) is 4.25. The van der Waals surface area contributed by atoms with Crippen molar-refractivity contribution in [3.63, 3.8) is 0 Å². The molecule has 106 valence electrons. The second-order valence-electron chi connectivity index (χ2n) is 5.97. The van der Waals surface area contributed by atoms with Crippen LogP contribution in [0.2, 0.25) is 0 Å². The van der Waals surface area contributed by atoms with Gasteiger partial charge in [-0.3, -0.25) is 0 Å². The largest absolute Gasteiger partial charge is 0.387 e. The first-order valence-electron chi connectivity index (χ1n) is 7.65. The van der Waals surface area contributed by atoms with E-state index in [0.717, 1.165) is 5.56 Å². The van der Waals surface area contributed by atoms with Gasteiger partial charge in [-0.25, -0.2) is 0 Å². The first kappa shape index (κ1) is 14.5. The maximum Gasteiger partial charge on any atom is 0.0917 e. The number of rotatable bonds is 4. The van der Waals surface area contributed by atoms with Crippen molar-refractivity contribution >= 4 is 0 Å². The van der Waals surface area contributed by atoms with Crippen LogP contribution in [0.3, 0.4) is 0 Å². The van der Waals surface area contributed by atoms with Crippen LogP contribution in [0.25, 0.3) is 0 Å². The zero-order chi connectivity index (χ0) is 13.7. The van der Waals surface area contributed by atoms with Gasteiger partial charge in [0.2, 0.25) is 0 Å². The van der Waals surface area contributed by atoms with Crippen molar-refractivity contribution < 1.29 is 5.11 Å². The Balaban J connectivity index is 1.89. The first-order chi connectivity index (χ1) is 9.16. The van der Waals surface area contributed by atoms with Crippen molar-refractivity contribution in [3.8, 4) is 0 Å². The number of aliphatic hydroxyl groups is 1. The average molecular weight is 261 g/mol. The van der Waals surface area contributed by atoms with Crippen molar-refractivity contribution in [2.24, 2.45) is 0 Å². The lowest BCUT2D eigenvalue weighted by molar-refractivity contribution is 0.167. The summed E-state index contributed by atoms with van der Waals surface area (Å²) in [6.45, 7) is 4.83. The van der Waals surface area contributed by atoms with Crippen LogP contribution in [0.4, 0.5) is 0 Å². The van der Waals surface area contributed by atoms with E-state index in [4.69, 9.17) is 0 Å². The van der Waals surface area contributed by atoms with Crippen LogP contribution in [0.5, 0.6) is 0 Å². The highest BCUT2D eigenvalue weighted by Gasteiger charge is 2.15. The summed E-state index contributed by atoms with van der Waals surface area (Å²) in [7, 11) is 0. The molecule has 1 aromatic carbocycles. The molecule has 2 N–H and O–H groups in total. The average Bonchev–Trinajstić information content (AvgIpc) is 2.67. The van der Waals surface area contributed by atoms with Crippen molar-refractivity contribution in [3.05, 3.63) is 34.9 Å². The van der Waals surface area contributed by atoms with Gasteiger partial charge in [-0.1, -0.05) is 49.4 Å². The Labute approximate surface area is 117 Å². The molecule has 1 saturated carbocycles. The molecule has 1 unspecified atom stereocenters. The summed E-state index contributed by atoms with van der Waals surface area (Å²) in [6.07, 6.45) is 7.55. The predicted octanol–water partition coefficient (Wildman–Crippen LogP) is 3.65. The molecule has 1 aliphatic carbocycles. The van der Waals surface area contributed by atoms with Crippen LogP contribution < -0.4 is 5.32 Å². The van der Waals surface area contributed by atoms with Crippen molar-refractivity contribution in [1.29, 1.82) is 0 Å². The molecule has 19 heavy (non-hydrogen) atoms. The van der Waals surface area contributed by atoms with E-state index < -0.39 is 0 Å². The number of hydrogen-bond acceptors (Lipinski definition) is 2. The van der Waals surface area contributed by atoms with E-state index in [1.165, 1.54) is 49.7 Å². The fourth-order valence-corrected chi connectivity index (χ4v) is 2.99. The predicted molar refractivity (Wildman–Crippen MR) is 80.4 cm³/mol. The summed E-state index contributed by atoms with van der Waals surface area (Å²) in [4.78, 5) is 0. The molecule has 1 aromatic rings. The Morgan fingerprint density at radius 3 is 2.53 bits per heavy atom. The molecule has 0 spiro atoms. The summed E-state index contributed by atoms with van der Waals surface area (Å²) >= 11 is 0. The second kappa shape index (κ2) is 7.06. The Bertz CT molecular complexity index is 394. The van der Waals surface area contributed by atoms with Crippen LogP contribution >= 0.6 is 0 Å². The van der Waals surface area contributed by atoms with E-state index in [0.29, 0.717) is 12.6 Å². The lowest BCUT2D eigenvalue weighted by atomic mass is 10.00. The zero-order valence-corrected chi connectivity index (χ0v) is 12.3. The number of aryl methyl sites for hydroxylation is 2. The Hall–Kier alpha value is -0.860. The minimum absolute atomic E-state index is 0.386. The van der Waals surface area contributed by atoms with E-state index >= 15 is 0 Å². The van der Waals surface area contributed by atoms with Gasteiger partial charge in [0.25, 0.3) is 0 Å². The van der Waals surface area contributed by atoms with E-state index in [-0.39, 0.29) is 6.10 Å². The monoisotopic (exact) mass is 261 g/mol. The van der Waals surface area contributed by atoms with Gasteiger partial charge in [0.1, 0.15) is 0 Å². The highest BCUT2D eigenvalue weighted by atomic mass is 16.3. The number of hydrogen-bond donors (Lipinski definition) is 2. The summed E-state index contributed by atoms with van der Waals surface area (Å²) in [5.41, 5.74) is 3.47. The van der Waals surface area contributed by atoms with Gasteiger partial charge >= 0.3 is 0 Å². The summed E-state index contributed by atoms with van der Waals surface area (Å²) < 4.78 is 0. The zero-order valence-electron chi connectivity index (χ0n) is 12.3. The number of aliphatic hydroxyl groups excluding tert-OH is 1. The fraction of sp³-hybridized carbons (Fsp3) is 0.647. The number of benzene rings is 1. The Morgan fingerprint density at radius 1 is 1.16 bits per heavy atom. The first-order valence-corrected chi connectivity index (χ1v) is 7.65. The molecule has 0 saturated heterocycles. The minimum Gasteiger partial charge on any atom is -0.387 e. The second-order valence-corrected chi connectivity index (χ2v) is 5.97. The molecule has 0 aliphatic heterocycles. The molecular weight excluding hydrogens is 234 g/mol. The smallest absolute Gasteiger partial charge is 0.0917 e. The lowest BCUT2D eigenvalue weighted by Crippen LogP contribution is -2.32. The summed E-state index contributed by atoms with van der Waals surface area (Å²) in [5, 5.41) is 13.9.